The van der Waals surface area contributed by atoms with Crippen molar-refractivity contribution < 1.29 is 9.53 Å². The molecule has 1 N–H and O–H groups in total. The van der Waals surface area contributed by atoms with E-state index < -0.39 is 0 Å². The van der Waals surface area contributed by atoms with E-state index in [1.54, 1.807) is 4.52 Å². The summed E-state index contributed by atoms with van der Waals surface area (Å²) in [7, 11) is 0. The van der Waals surface area contributed by atoms with Gasteiger partial charge in [0, 0.05) is 17.7 Å². The van der Waals surface area contributed by atoms with Crippen LogP contribution in [0.5, 0.6) is 5.75 Å². The van der Waals surface area contributed by atoms with Crippen LogP contribution in [0.25, 0.3) is 15.5 Å². The van der Waals surface area contributed by atoms with Gasteiger partial charge < -0.3 is 10.1 Å². The summed E-state index contributed by atoms with van der Waals surface area (Å²) < 4.78 is 7.30. The zero-order chi connectivity index (χ0) is 19.5. The van der Waals surface area contributed by atoms with Gasteiger partial charge in [-0.15, -0.1) is 10.2 Å². The molecule has 28 heavy (non-hydrogen) atoms. The normalized spacial score (nSPS) is 10.9. The Morgan fingerprint density at radius 1 is 1.18 bits per heavy atom. The van der Waals surface area contributed by atoms with Crippen LogP contribution in [0.4, 0.5) is 5.69 Å². The molecule has 1 amide bonds. The second-order valence-corrected chi connectivity index (χ2v) is 7.26. The predicted octanol–water partition coefficient (Wildman–Crippen LogP) is 3.74. The fraction of sp³-hybridized carbons (Fsp3) is 0.200. The van der Waals surface area contributed by atoms with Gasteiger partial charge in [-0.1, -0.05) is 30.4 Å². The molecule has 0 spiro atoms. The van der Waals surface area contributed by atoms with E-state index in [0.29, 0.717) is 11.4 Å². The van der Waals surface area contributed by atoms with Crippen molar-refractivity contribution in [1.29, 1.82) is 0 Å². The third kappa shape index (κ3) is 3.86. The smallest absolute Gasteiger partial charge is 0.262 e. The molecule has 8 heteroatoms. The van der Waals surface area contributed by atoms with Crippen molar-refractivity contribution in [3.63, 3.8) is 0 Å². The maximum absolute atomic E-state index is 12.1. The lowest BCUT2D eigenvalue weighted by molar-refractivity contribution is -0.118. The number of aromatic nitrogens is 4. The molecule has 0 fully saturated rings. The molecule has 0 bridgehead atoms. The molecular formula is C20H19N5O2S. The highest BCUT2D eigenvalue weighted by molar-refractivity contribution is 7.19. The number of amides is 1. The molecule has 4 rings (SSSR count). The molecule has 0 aliphatic rings. The summed E-state index contributed by atoms with van der Waals surface area (Å²) in [4.78, 5) is 12.9. The highest BCUT2D eigenvalue weighted by Gasteiger charge is 2.12. The summed E-state index contributed by atoms with van der Waals surface area (Å²) in [5.74, 6) is 1.32. The van der Waals surface area contributed by atoms with Gasteiger partial charge in [-0.2, -0.15) is 9.61 Å². The lowest BCUT2D eigenvalue weighted by Gasteiger charge is -2.08. The van der Waals surface area contributed by atoms with E-state index in [4.69, 9.17) is 4.74 Å². The molecule has 4 aromatic rings. The molecule has 0 unspecified atom stereocenters. The topological polar surface area (TPSA) is 81.4 Å². The number of rotatable bonds is 6. The van der Waals surface area contributed by atoms with Crippen LogP contribution in [0.1, 0.15) is 18.3 Å². The minimum Gasteiger partial charge on any atom is -0.484 e. The number of carbonyl (C=O) groups is 1. The number of hydrogen-bond donors (Lipinski definition) is 1. The third-order valence-electron chi connectivity index (χ3n) is 4.15. The van der Waals surface area contributed by atoms with E-state index in [1.807, 2.05) is 62.4 Å². The Kier molecular flexibility index (Phi) is 5.03. The minimum absolute atomic E-state index is 0.0400. The summed E-state index contributed by atoms with van der Waals surface area (Å²) in [6, 6.07) is 15.2. The number of carbonyl (C=O) groups excluding carboxylic acids is 1. The average molecular weight is 393 g/mol. The summed E-state index contributed by atoms with van der Waals surface area (Å²) in [6.07, 6.45) is 0.778. The van der Waals surface area contributed by atoms with Crippen LogP contribution in [0.2, 0.25) is 0 Å². The van der Waals surface area contributed by atoms with E-state index in [1.165, 1.54) is 11.3 Å². The van der Waals surface area contributed by atoms with Crippen LogP contribution < -0.4 is 10.1 Å². The molecule has 2 heterocycles. The van der Waals surface area contributed by atoms with Crippen molar-refractivity contribution in [2.45, 2.75) is 20.3 Å². The standard InChI is InChI=1S/C20H19N5O2S/c1-3-17-22-23-20-25(17)24-19(28-20)14-7-9-15(10-8-14)21-18(26)12-27-16-6-4-5-13(2)11-16/h4-11H,3,12H2,1-2H3,(H,21,26). The van der Waals surface area contributed by atoms with Gasteiger partial charge in [-0.25, -0.2) is 0 Å². The van der Waals surface area contributed by atoms with Crippen molar-refractivity contribution in [2.24, 2.45) is 0 Å². The first-order valence-electron chi connectivity index (χ1n) is 8.93. The number of ether oxygens (including phenoxy) is 1. The maximum atomic E-state index is 12.1. The van der Waals surface area contributed by atoms with Gasteiger partial charge in [0.2, 0.25) is 4.96 Å². The fourth-order valence-electron chi connectivity index (χ4n) is 2.74. The Labute approximate surface area is 166 Å². The minimum atomic E-state index is -0.208. The molecule has 0 atom stereocenters. The highest BCUT2D eigenvalue weighted by Crippen LogP contribution is 2.26. The Morgan fingerprint density at radius 3 is 2.75 bits per heavy atom. The van der Waals surface area contributed by atoms with Gasteiger partial charge in [0.25, 0.3) is 5.91 Å². The van der Waals surface area contributed by atoms with Gasteiger partial charge in [0.1, 0.15) is 10.8 Å². The van der Waals surface area contributed by atoms with Crippen molar-refractivity contribution in [2.75, 3.05) is 11.9 Å². The number of nitrogens with zero attached hydrogens (tertiary/aromatic N) is 4. The number of hydrogen-bond acceptors (Lipinski definition) is 6. The van der Waals surface area contributed by atoms with Crippen LogP contribution in [0.3, 0.4) is 0 Å². The van der Waals surface area contributed by atoms with E-state index in [0.717, 1.165) is 33.3 Å². The number of aryl methyl sites for hydroxylation is 2. The molecule has 0 saturated carbocycles. The predicted molar refractivity (Wildman–Crippen MR) is 109 cm³/mol. The molecule has 2 aromatic heterocycles. The van der Waals surface area contributed by atoms with Crippen LogP contribution in [-0.4, -0.2) is 32.3 Å². The fourth-order valence-corrected chi connectivity index (χ4v) is 3.61. The van der Waals surface area contributed by atoms with Crippen LogP contribution in [-0.2, 0) is 11.2 Å². The summed E-state index contributed by atoms with van der Waals surface area (Å²) in [6.45, 7) is 3.96. The molecule has 2 aromatic carbocycles. The van der Waals surface area contributed by atoms with E-state index >= 15 is 0 Å². The Morgan fingerprint density at radius 2 is 2.00 bits per heavy atom. The largest absolute Gasteiger partial charge is 0.484 e. The first-order valence-corrected chi connectivity index (χ1v) is 9.75. The average Bonchev–Trinajstić information content (AvgIpc) is 3.28. The third-order valence-corrected chi connectivity index (χ3v) is 5.09. The molecule has 7 nitrogen and oxygen atoms in total. The Hall–Kier alpha value is -3.26. The van der Waals surface area contributed by atoms with Gasteiger partial charge in [-0.05, 0) is 48.9 Å². The van der Waals surface area contributed by atoms with Gasteiger partial charge in [0.05, 0.1) is 0 Å². The SMILES string of the molecule is CCc1nnc2sc(-c3ccc(NC(=O)COc4cccc(C)c4)cc3)nn12. The number of benzene rings is 2. The van der Waals surface area contributed by atoms with Crippen molar-refractivity contribution in [1.82, 2.24) is 19.8 Å². The van der Waals surface area contributed by atoms with Gasteiger partial charge >= 0.3 is 0 Å². The van der Waals surface area contributed by atoms with E-state index in [9.17, 15) is 4.79 Å². The van der Waals surface area contributed by atoms with E-state index in [-0.39, 0.29) is 12.5 Å². The molecule has 142 valence electrons. The van der Waals surface area contributed by atoms with Gasteiger partial charge in [-0.3, -0.25) is 4.79 Å². The number of nitrogens with one attached hydrogen (secondary N) is 1. The second-order valence-electron chi connectivity index (χ2n) is 6.30. The highest BCUT2D eigenvalue weighted by atomic mass is 32.1. The van der Waals surface area contributed by atoms with Crippen molar-refractivity contribution in [3.05, 3.63) is 59.9 Å². The first-order chi connectivity index (χ1) is 13.6. The van der Waals surface area contributed by atoms with Gasteiger partial charge in [0.15, 0.2) is 12.4 Å². The zero-order valence-corrected chi connectivity index (χ0v) is 16.4. The van der Waals surface area contributed by atoms with Crippen LogP contribution in [0, 0.1) is 6.92 Å². The summed E-state index contributed by atoms with van der Waals surface area (Å²) >= 11 is 1.48. The maximum Gasteiger partial charge on any atom is 0.262 e. The Bertz CT molecular complexity index is 1120. The lowest BCUT2D eigenvalue weighted by Crippen LogP contribution is -2.20. The number of anilines is 1. The lowest BCUT2D eigenvalue weighted by atomic mass is 10.2. The van der Waals surface area contributed by atoms with Crippen molar-refractivity contribution in [3.8, 4) is 16.3 Å². The van der Waals surface area contributed by atoms with Crippen LogP contribution in [0.15, 0.2) is 48.5 Å². The molecule has 0 saturated heterocycles. The molecule has 0 aliphatic carbocycles. The molecule has 0 radical (unpaired) electrons. The first kappa shape index (κ1) is 18.1. The quantitative estimate of drug-likeness (QED) is 0.540. The second kappa shape index (κ2) is 7.77. The van der Waals surface area contributed by atoms with Crippen molar-refractivity contribution >= 4 is 27.9 Å². The summed E-state index contributed by atoms with van der Waals surface area (Å²) in [5.41, 5.74) is 2.76. The summed E-state index contributed by atoms with van der Waals surface area (Å²) in [5, 5.41) is 16.5. The molecule has 0 aliphatic heterocycles. The number of fused-ring (bicyclic) bond motifs is 1. The molecular weight excluding hydrogens is 374 g/mol. The Balaban J connectivity index is 1.39. The zero-order valence-electron chi connectivity index (χ0n) is 15.5. The van der Waals surface area contributed by atoms with E-state index in [2.05, 4.69) is 20.6 Å². The van der Waals surface area contributed by atoms with Crippen LogP contribution >= 0.6 is 11.3 Å². The monoisotopic (exact) mass is 393 g/mol.